The lowest BCUT2D eigenvalue weighted by molar-refractivity contribution is 0.0722. The molecule has 0 radical (unpaired) electrons. The molecule has 0 heterocycles. The molecular formula is C12H17FN2O2. The molecule has 0 atom stereocenters. The maximum Gasteiger partial charge on any atom is 0.256 e. The monoisotopic (exact) mass is 240 g/mol. The van der Waals surface area contributed by atoms with Crippen LogP contribution in [-0.4, -0.2) is 35.6 Å². The van der Waals surface area contributed by atoms with Crippen molar-refractivity contribution in [1.29, 1.82) is 0 Å². The molecule has 0 spiro atoms. The molecule has 0 bridgehead atoms. The van der Waals surface area contributed by atoms with E-state index in [1.54, 1.807) is 0 Å². The lowest BCUT2D eigenvalue weighted by atomic mass is 10.1. The minimum absolute atomic E-state index is 0.124. The van der Waals surface area contributed by atoms with Crippen molar-refractivity contribution < 1.29 is 14.3 Å². The molecule has 1 aromatic rings. The molecule has 0 saturated heterocycles. The summed E-state index contributed by atoms with van der Waals surface area (Å²) in [6, 6.07) is 3.70. The summed E-state index contributed by atoms with van der Waals surface area (Å²) in [6.07, 6.45) is 0.765. The lowest BCUT2D eigenvalue weighted by Crippen LogP contribution is -2.34. The molecule has 0 aliphatic heterocycles. The Balaban J connectivity index is 2.95. The second kappa shape index (κ2) is 6.20. The molecule has 0 fully saturated rings. The van der Waals surface area contributed by atoms with Gasteiger partial charge >= 0.3 is 0 Å². The highest BCUT2D eigenvalue weighted by Gasteiger charge is 2.17. The van der Waals surface area contributed by atoms with Crippen molar-refractivity contribution in [3.8, 4) is 0 Å². The Hall–Kier alpha value is -1.62. The van der Waals surface area contributed by atoms with Crippen LogP contribution in [0, 0.1) is 5.82 Å². The van der Waals surface area contributed by atoms with Crippen LogP contribution in [0.2, 0.25) is 0 Å². The zero-order chi connectivity index (χ0) is 12.8. The molecular weight excluding hydrogens is 223 g/mol. The van der Waals surface area contributed by atoms with Gasteiger partial charge in [0.25, 0.3) is 5.91 Å². The third-order valence-electron chi connectivity index (χ3n) is 2.40. The minimum atomic E-state index is -0.497. The van der Waals surface area contributed by atoms with Crippen molar-refractivity contribution in [2.45, 2.75) is 13.3 Å². The number of nitrogen functional groups attached to an aromatic ring is 1. The summed E-state index contributed by atoms with van der Waals surface area (Å²) in [4.78, 5) is 13.5. The summed E-state index contributed by atoms with van der Waals surface area (Å²) in [7, 11) is 0. The molecule has 0 saturated carbocycles. The first-order chi connectivity index (χ1) is 8.10. The average molecular weight is 240 g/mol. The fourth-order valence-electron chi connectivity index (χ4n) is 1.59. The molecule has 17 heavy (non-hydrogen) atoms. The van der Waals surface area contributed by atoms with Gasteiger partial charge in [-0.3, -0.25) is 4.79 Å². The minimum Gasteiger partial charge on any atom is -0.398 e. The molecule has 94 valence electrons. The van der Waals surface area contributed by atoms with Gasteiger partial charge in [-0.2, -0.15) is 0 Å². The predicted molar refractivity (Wildman–Crippen MR) is 64.1 cm³/mol. The molecule has 1 rings (SSSR count). The number of benzene rings is 1. The third kappa shape index (κ3) is 3.42. The second-order valence-electron chi connectivity index (χ2n) is 3.75. The number of nitrogens with two attached hydrogens (primary N) is 1. The molecule has 4 nitrogen and oxygen atoms in total. The number of halogens is 1. The van der Waals surface area contributed by atoms with E-state index in [0.717, 1.165) is 12.5 Å². The van der Waals surface area contributed by atoms with E-state index < -0.39 is 5.82 Å². The van der Waals surface area contributed by atoms with E-state index in [2.05, 4.69) is 0 Å². The Morgan fingerprint density at radius 1 is 1.47 bits per heavy atom. The molecule has 0 aliphatic carbocycles. The van der Waals surface area contributed by atoms with Gasteiger partial charge in [-0.25, -0.2) is 4.39 Å². The van der Waals surface area contributed by atoms with Crippen LogP contribution in [0.25, 0.3) is 0 Å². The summed E-state index contributed by atoms with van der Waals surface area (Å²) in [5, 5.41) is 8.88. The van der Waals surface area contributed by atoms with Crippen LogP contribution in [0.4, 0.5) is 10.1 Å². The number of anilines is 1. The quantitative estimate of drug-likeness (QED) is 0.761. The number of nitrogens with zero attached hydrogens (tertiary/aromatic N) is 1. The van der Waals surface area contributed by atoms with Gasteiger partial charge in [0.2, 0.25) is 0 Å². The number of hydrogen-bond acceptors (Lipinski definition) is 3. The van der Waals surface area contributed by atoms with Crippen LogP contribution >= 0.6 is 0 Å². The van der Waals surface area contributed by atoms with Crippen molar-refractivity contribution >= 4 is 11.6 Å². The average Bonchev–Trinajstić information content (AvgIpc) is 2.31. The standard InChI is InChI=1S/C12H17FN2O2/c1-2-5-15(6-7-16)12(17)10-8-9(13)3-4-11(10)14/h3-4,8,16H,2,5-7,14H2,1H3. The number of hydrogen-bond donors (Lipinski definition) is 2. The Bertz CT molecular complexity index is 390. The summed E-state index contributed by atoms with van der Waals surface area (Å²) in [6.45, 7) is 2.53. The second-order valence-corrected chi connectivity index (χ2v) is 3.75. The van der Waals surface area contributed by atoms with Gasteiger partial charge in [0.15, 0.2) is 0 Å². The highest BCUT2D eigenvalue weighted by Crippen LogP contribution is 2.16. The Kier molecular flexibility index (Phi) is 4.90. The van der Waals surface area contributed by atoms with Crippen LogP contribution in [0.1, 0.15) is 23.7 Å². The van der Waals surface area contributed by atoms with Gasteiger partial charge < -0.3 is 15.7 Å². The van der Waals surface area contributed by atoms with Crippen LogP contribution < -0.4 is 5.73 Å². The largest absolute Gasteiger partial charge is 0.398 e. The van der Waals surface area contributed by atoms with E-state index in [4.69, 9.17) is 10.8 Å². The van der Waals surface area contributed by atoms with E-state index >= 15 is 0 Å². The van der Waals surface area contributed by atoms with Crippen LogP contribution in [0.15, 0.2) is 18.2 Å². The number of rotatable bonds is 5. The Morgan fingerprint density at radius 2 is 2.18 bits per heavy atom. The normalized spacial score (nSPS) is 10.3. The van der Waals surface area contributed by atoms with Crippen molar-refractivity contribution in [2.75, 3.05) is 25.4 Å². The molecule has 5 heteroatoms. The molecule has 0 aromatic heterocycles. The van der Waals surface area contributed by atoms with Gasteiger partial charge in [-0.1, -0.05) is 6.92 Å². The van der Waals surface area contributed by atoms with Gasteiger partial charge in [-0.05, 0) is 24.6 Å². The molecule has 0 unspecified atom stereocenters. The zero-order valence-electron chi connectivity index (χ0n) is 9.82. The summed E-state index contributed by atoms with van der Waals surface area (Å²) in [5.41, 5.74) is 6.03. The topological polar surface area (TPSA) is 66.6 Å². The van der Waals surface area contributed by atoms with Crippen LogP contribution in [0.5, 0.6) is 0 Å². The fraction of sp³-hybridized carbons (Fsp3) is 0.417. The van der Waals surface area contributed by atoms with E-state index in [-0.39, 0.29) is 30.3 Å². The maximum absolute atomic E-state index is 13.1. The van der Waals surface area contributed by atoms with Gasteiger partial charge in [-0.15, -0.1) is 0 Å². The van der Waals surface area contributed by atoms with Gasteiger partial charge in [0, 0.05) is 18.8 Å². The maximum atomic E-state index is 13.1. The number of carbonyl (C=O) groups excluding carboxylic acids is 1. The lowest BCUT2D eigenvalue weighted by Gasteiger charge is -2.21. The number of aliphatic hydroxyl groups is 1. The van der Waals surface area contributed by atoms with E-state index in [1.165, 1.54) is 17.0 Å². The first kappa shape index (κ1) is 13.4. The van der Waals surface area contributed by atoms with Crippen molar-refractivity contribution in [1.82, 2.24) is 4.90 Å². The predicted octanol–water partition coefficient (Wildman–Crippen LogP) is 1.25. The van der Waals surface area contributed by atoms with Gasteiger partial charge in [0.05, 0.1) is 12.2 Å². The van der Waals surface area contributed by atoms with E-state index in [9.17, 15) is 9.18 Å². The van der Waals surface area contributed by atoms with Crippen LogP contribution in [0.3, 0.4) is 0 Å². The number of aliphatic hydroxyl groups excluding tert-OH is 1. The fourth-order valence-corrected chi connectivity index (χ4v) is 1.59. The van der Waals surface area contributed by atoms with Crippen molar-refractivity contribution in [3.63, 3.8) is 0 Å². The molecule has 0 aliphatic rings. The Morgan fingerprint density at radius 3 is 2.76 bits per heavy atom. The van der Waals surface area contributed by atoms with Gasteiger partial charge in [0.1, 0.15) is 5.82 Å². The first-order valence-electron chi connectivity index (χ1n) is 5.55. The molecule has 1 aromatic carbocycles. The van der Waals surface area contributed by atoms with Crippen LogP contribution in [-0.2, 0) is 0 Å². The smallest absolute Gasteiger partial charge is 0.256 e. The van der Waals surface area contributed by atoms with E-state index in [0.29, 0.717) is 6.54 Å². The van der Waals surface area contributed by atoms with Crippen molar-refractivity contribution in [3.05, 3.63) is 29.6 Å². The zero-order valence-corrected chi connectivity index (χ0v) is 9.82. The summed E-state index contributed by atoms with van der Waals surface area (Å²) in [5.74, 6) is -0.846. The van der Waals surface area contributed by atoms with E-state index in [1.807, 2.05) is 6.92 Å². The highest BCUT2D eigenvalue weighted by atomic mass is 19.1. The first-order valence-corrected chi connectivity index (χ1v) is 5.55. The Labute approximate surface area is 99.8 Å². The molecule has 1 amide bonds. The number of amides is 1. The SMILES string of the molecule is CCCN(CCO)C(=O)c1cc(F)ccc1N. The number of carbonyl (C=O) groups is 1. The highest BCUT2D eigenvalue weighted by molar-refractivity contribution is 5.99. The summed E-state index contributed by atoms with van der Waals surface area (Å²) < 4.78 is 13.1. The summed E-state index contributed by atoms with van der Waals surface area (Å²) >= 11 is 0. The third-order valence-corrected chi connectivity index (χ3v) is 2.40. The van der Waals surface area contributed by atoms with Crippen molar-refractivity contribution in [2.24, 2.45) is 0 Å². The molecule has 3 N–H and O–H groups in total.